The maximum absolute atomic E-state index is 12.4. The summed E-state index contributed by atoms with van der Waals surface area (Å²) in [6, 6.07) is 6.22. The summed E-state index contributed by atoms with van der Waals surface area (Å²) in [5.41, 5.74) is 1.83. The number of carbonyl (C=O) groups excluding carboxylic acids is 1. The van der Waals surface area contributed by atoms with Gasteiger partial charge in [0.1, 0.15) is 0 Å². The van der Waals surface area contributed by atoms with Gasteiger partial charge in [0, 0.05) is 35.7 Å². The van der Waals surface area contributed by atoms with E-state index in [9.17, 15) is 4.79 Å². The minimum Gasteiger partial charge on any atom is -0.336 e. The normalized spacial score (nSPS) is 19.3. The molecule has 1 heterocycles. The third-order valence-corrected chi connectivity index (χ3v) is 3.58. The van der Waals surface area contributed by atoms with Gasteiger partial charge in [0.25, 0.3) is 5.91 Å². The summed E-state index contributed by atoms with van der Waals surface area (Å²) in [5, 5.41) is 3.34. The van der Waals surface area contributed by atoms with Crippen LogP contribution in [0, 0.1) is 6.92 Å². The van der Waals surface area contributed by atoms with Crippen LogP contribution >= 0.6 is 28.3 Å². The number of nitrogens with one attached hydrogen (secondary N) is 1. The Labute approximate surface area is 122 Å². The van der Waals surface area contributed by atoms with E-state index in [4.69, 9.17) is 0 Å². The predicted molar refractivity (Wildman–Crippen MR) is 79.5 cm³/mol. The van der Waals surface area contributed by atoms with Crippen molar-refractivity contribution in [3.05, 3.63) is 33.8 Å². The van der Waals surface area contributed by atoms with Gasteiger partial charge in [0.05, 0.1) is 0 Å². The second-order valence-corrected chi connectivity index (χ2v) is 5.48. The van der Waals surface area contributed by atoms with Crippen molar-refractivity contribution in [1.82, 2.24) is 10.2 Å². The summed E-state index contributed by atoms with van der Waals surface area (Å²) >= 11 is 3.42. The fraction of sp³-hybridized carbons (Fsp3) is 0.462. The maximum Gasteiger partial charge on any atom is 0.254 e. The van der Waals surface area contributed by atoms with Crippen molar-refractivity contribution in [1.29, 1.82) is 0 Å². The molecule has 0 aliphatic carbocycles. The van der Waals surface area contributed by atoms with Gasteiger partial charge in [-0.15, -0.1) is 12.4 Å². The Morgan fingerprint density at radius 2 is 2.22 bits per heavy atom. The molecule has 0 saturated carbocycles. The molecule has 2 rings (SSSR count). The number of nitrogens with zero attached hydrogens (tertiary/aromatic N) is 1. The highest BCUT2D eigenvalue weighted by molar-refractivity contribution is 9.10. The number of hydrogen-bond acceptors (Lipinski definition) is 2. The molecule has 0 spiro atoms. The molecule has 1 atom stereocenters. The number of benzene rings is 1. The zero-order valence-corrected chi connectivity index (χ0v) is 13.0. The van der Waals surface area contributed by atoms with Crippen LogP contribution in [-0.2, 0) is 0 Å². The van der Waals surface area contributed by atoms with Gasteiger partial charge in [-0.25, -0.2) is 0 Å². The van der Waals surface area contributed by atoms with Gasteiger partial charge in [-0.05, 0) is 31.5 Å². The molecule has 1 fully saturated rings. The van der Waals surface area contributed by atoms with Crippen molar-refractivity contribution < 1.29 is 4.79 Å². The summed E-state index contributed by atoms with van der Waals surface area (Å²) < 4.78 is 0.953. The number of carbonyl (C=O) groups is 1. The molecule has 0 bridgehead atoms. The Kier molecular flexibility index (Phi) is 5.63. The smallest absolute Gasteiger partial charge is 0.254 e. The average Bonchev–Trinajstić information content (AvgIpc) is 2.31. The van der Waals surface area contributed by atoms with Crippen molar-refractivity contribution in [2.75, 3.05) is 19.6 Å². The quantitative estimate of drug-likeness (QED) is 0.857. The number of rotatable bonds is 1. The molecule has 18 heavy (non-hydrogen) atoms. The summed E-state index contributed by atoms with van der Waals surface area (Å²) in [5.74, 6) is 0.136. The van der Waals surface area contributed by atoms with Gasteiger partial charge >= 0.3 is 0 Å². The lowest BCUT2D eigenvalue weighted by atomic mass is 10.1. The van der Waals surface area contributed by atoms with Crippen molar-refractivity contribution in [2.24, 2.45) is 0 Å². The van der Waals surface area contributed by atoms with Gasteiger partial charge in [0.2, 0.25) is 0 Å². The molecule has 1 aliphatic heterocycles. The number of piperazine rings is 1. The first-order valence-electron chi connectivity index (χ1n) is 5.87. The predicted octanol–water partition coefficient (Wildman–Crippen LogP) is 2.61. The van der Waals surface area contributed by atoms with Gasteiger partial charge in [-0.1, -0.05) is 22.0 Å². The van der Waals surface area contributed by atoms with Gasteiger partial charge in [0.15, 0.2) is 0 Å². The third kappa shape index (κ3) is 3.46. The third-order valence-electron chi connectivity index (χ3n) is 3.09. The fourth-order valence-electron chi connectivity index (χ4n) is 2.11. The lowest BCUT2D eigenvalue weighted by Crippen LogP contribution is -2.51. The van der Waals surface area contributed by atoms with Crippen molar-refractivity contribution >= 4 is 34.2 Å². The van der Waals surface area contributed by atoms with E-state index in [1.807, 2.05) is 30.0 Å². The maximum atomic E-state index is 12.4. The summed E-state index contributed by atoms with van der Waals surface area (Å²) in [4.78, 5) is 14.3. The van der Waals surface area contributed by atoms with Crippen LogP contribution < -0.4 is 5.32 Å². The van der Waals surface area contributed by atoms with Crippen molar-refractivity contribution in [2.45, 2.75) is 19.9 Å². The summed E-state index contributed by atoms with van der Waals surface area (Å²) in [7, 11) is 0. The first-order chi connectivity index (χ1) is 8.08. The first-order valence-corrected chi connectivity index (χ1v) is 6.66. The molecule has 1 aromatic carbocycles. The molecule has 1 saturated heterocycles. The first kappa shape index (κ1) is 15.5. The van der Waals surface area contributed by atoms with Crippen molar-refractivity contribution in [3.8, 4) is 0 Å². The van der Waals surface area contributed by atoms with Crippen LogP contribution in [0.4, 0.5) is 0 Å². The number of hydrogen-bond donors (Lipinski definition) is 1. The van der Waals surface area contributed by atoms with E-state index in [2.05, 4.69) is 28.2 Å². The van der Waals surface area contributed by atoms with E-state index >= 15 is 0 Å². The second-order valence-electron chi connectivity index (χ2n) is 4.57. The summed E-state index contributed by atoms with van der Waals surface area (Å²) in [6.07, 6.45) is 0. The minimum atomic E-state index is 0. The highest BCUT2D eigenvalue weighted by Crippen LogP contribution is 2.18. The van der Waals surface area contributed by atoms with Crippen LogP contribution in [0.1, 0.15) is 22.8 Å². The van der Waals surface area contributed by atoms with E-state index in [1.54, 1.807) is 0 Å². The molecule has 0 unspecified atom stereocenters. The van der Waals surface area contributed by atoms with Crippen LogP contribution in [0.2, 0.25) is 0 Å². The van der Waals surface area contributed by atoms with E-state index in [0.717, 1.165) is 35.2 Å². The molecule has 100 valence electrons. The highest BCUT2D eigenvalue weighted by Gasteiger charge is 2.22. The van der Waals surface area contributed by atoms with E-state index in [0.29, 0.717) is 6.04 Å². The van der Waals surface area contributed by atoms with Crippen LogP contribution in [0.15, 0.2) is 22.7 Å². The van der Waals surface area contributed by atoms with Crippen LogP contribution in [0.5, 0.6) is 0 Å². The molecule has 1 aromatic rings. The van der Waals surface area contributed by atoms with E-state index in [1.165, 1.54) is 0 Å². The Morgan fingerprint density at radius 3 is 2.89 bits per heavy atom. The second kappa shape index (κ2) is 6.55. The molecule has 5 heteroatoms. The number of aryl methyl sites for hydroxylation is 1. The van der Waals surface area contributed by atoms with Crippen LogP contribution in [0.3, 0.4) is 0 Å². The molecular weight excluding hydrogens is 316 g/mol. The Hall–Kier alpha value is -0.580. The highest BCUT2D eigenvalue weighted by atomic mass is 79.9. The fourth-order valence-corrected chi connectivity index (χ4v) is 2.47. The molecule has 1 amide bonds. The Morgan fingerprint density at radius 1 is 1.50 bits per heavy atom. The van der Waals surface area contributed by atoms with Crippen molar-refractivity contribution in [3.63, 3.8) is 0 Å². The van der Waals surface area contributed by atoms with Gasteiger partial charge in [-0.2, -0.15) is 0 Å². The number of halogens is 2. The van der Waals surface area contributed by atoms with Gasteiger partial charge in [-0.3, -0.25) is 4.79 Å². The molecule has 0 radical (unpaired) electrons. The monoisotopic (exact) mass is 332 g/mol. The Bertz CT molecular complexity index is 439. The lowest BCUT2D eigenvalue weighted by molar-refractivity contribution is 0.0708. The Balaban J connectivity index is 0.00000162. The minimum absolute atomic E-state index is 0. The zero-order valence-electron chi connectivity index (χ0n) is 10.6. The van der Waals surface area contributed by atoms with Crippen LogP contribution in [-0.4, -0.2) is 36.5 Å². The molecule has 1 N–H and O–H groups in total. The molecule has 1 aliphatic rings. The van der Waals surface area contributed by atoms with Gasteiger partial charge < -0.3 is 10.2 Å². The van der Waals surface area contributed by atoms with Crippen LogP contribution in [0.25, 0.3) is 0 Å². The zero-order chi connectivity index (χ0) is 12.4. The molecule has 3 nitrogen and oxygen atoms in total. The largest absolute Gasteiger partial charge is 0.336 e. The number of amides is 1. The summed E-state index contributed by atoms with van der Waals surface area (Å²) in [6.45, 7) is 6.53. The van der Waals surface area contributed by atoms with E-state index in [-0.39, 0.29) is 18.3 Å². The lowest BCUT2D eigenvalue weighted by Gasteiger charge is -2.32. The molecular formula is C13H18BrClN2O. The molecule has 0 aromatic heterocycles. The SMILES string of the molecule is Cc1ccc(Br)cc1C(=O)N1CCN[C@@H](C)C1.Cl. The van der Waals surface area contributed by atoms with E-state index < -0.39 is 0 Å². The topological polar surface area (TPSA) is 32.3 Å². The standard InChI is InChI=1S/C13H17BrN2O.ClH/c1-9-3-4-11(14)7-12(9)13(17)16-6-5-15-10(2)8-16;/h3-4,7,10,15H,5-6,8H2,1-2H3;1H/t10-;/m0./s1. The average molecular weight is 334 g/mol.